The Morgan fingerprint density at radius 3 is 2.71 bits per heavy atom. The van der Waals surface area contributed by atoms with Crippen LogP contribution in [0.4, 0.5) is 5.82 Å². The van der Waals surface area contributed by atoms with E-state index < -0.39 is 0 Å². The molecule has 2 aromatic rings. The lowest BCUT2D eigenvalue weighted by Gasteiger charge is -2.33. The molecule has 1 fully saturated rings. The van der Waals surface area contributed by atoms with Crippen molar-refractivity contribution in [2.24, 2.45) is 5.92 Å². The standard InChI is InChI=1S/C22H28N4OS/c1-28-15-12-23-22(27)17-10-13-26(14-11-17)21-18-8-5-9-19(18)24-20(25-21)16-6-3-2-4-7-16/h2-4,6-7,17H,5,8-15H2,1H3,(H,23,27). The SMILES string of the molecule is CSCCNC(=O)C1CCN(c2nc(-c3ccccc3)nc3c2CCC3)CC1. The molecule has 1 aliphatic heterocycles. The van der Waals surface area contributed by atoms with Crippen LogP contribution >= 0.6 is 11.8 Å². The summed E-state index contributed by atoms with van der Waals surface area (Å²) in [5.74, 6) is 3.24. The first-order valence-corrected chi connectivity index (χ1v) is 11.6. The predicted octanol–water partition coefficient (Wildman–Crippen LogP) is 3.33. The van der Waals surface area contributed by atoms with E-state index >= 15 is 0 Å². The number of aromatic nitrogens is 2. The van der Waals surface area contributed by atoms with Crippen molar-refractivity contribution in [3.05, 3.63) is 41.6 Å². The van der Waals surface area contributed by atoms with Crippen LogP contribution in [0.25, 0.3) is 11.4 Å². The molecule has 1 saturated heterocycles. The van der Waals surface area contributed by atoms with Gasteiger partial charge >= 0.3 is 0 Å². The van der Waals surface area contributed by atoms with E-state index in [9.17, 15) is 4.79 Å². The topological polar surface area (TPSA) is 58.1 Å². The molecule has 1 aliphatic carbocycles. The maximum absolute atomic E-state index is 12.4. The largest absolute Gasteiger partial charge is 0.356 e. The van der Waals surface area contributed by atoms with E-state index in [1.165, 1.54) is 11.3 Å². The van der Waals surface area contributed by atoms with Crippen LogP contribution < -0.4 is 10.2 Å². The van der Waals surface area contributed by atoms with Gasteiger partial charge in [-0.25, -0.2) is 9.97 Å². The number of nitrogens with zero attached hydrogens (tertiary/aromatic N) is 3. The van der Waals surface area contributed by atoms with Crippen LogP contribution in [0, 0.1) is 5.92 Å². The molecule has 0 spiro atoms. The van der Waals surface area contributed by atoms with Crippen LogP contribution in [0.5, 0.6) is 0 Å². The van der Waals surface area contributed by atoms with Crippen molar-refractivity contribution in [3.8, 4) is 11.4 Å². The summed E-state index contributed by atoms with van der Waals surface area (Å²) in [5.41, 5.74) is 3.60. The average Bonchev–Trinajstić information content (AvgIpc) is 3.23. The molecule has 0 saturated carbocycles. The summed E-state index contributed by atoms with van der Waals surface area (Å²) in [5, 5.41) is 3.08. The molecule has 1 amide bonds. The van der Waals surface area contributed by atoms with Crippen LogP contribution in [0.15, 0.2) is 30.3 Å². The second-order valence-electron chi connectivity index (χ2n) is 7.56. The molecule has 6 heteroatoms. The minimum Gasteiger partial charge on any atom is -0.356 e. The number of thioether (sulfide) groups is 1. The number of amides is 1. The lowest BCUT2D eigenvalue weighted by molar-refractivity contribution is -0.125. The van der Waals surface area contributed by atoms with E-state index in [0.29, 0.717) is 0 Å². The minimum atomic E-state index is 0.126. The molecule has 0 unspecified atom stereocenters. The first kappa shape index (κ1) is 19.2. The number of nitrogens with one attached hydrogen (secondary N) is 1. The fourth-order valence-electron chi connectivity index (χ4n) is 4.16. The van der Waals surface area contributed by atoms with Crippen molar-refractivity contribution in [2.75, 3.05) is 36.5 Å². The van der Waals surface area contributed by atoms with Crippen molar-refractivity contribution in [2.45, 2.75) is 32.1 Å². The number of anilines is 1. The smallest absolute Gasteiger partial charge is 0.223 e. The highest BCUT2D eigenvalue weighted by molar-refractivity contribution is 7.98. The van der Waals surface area contributed by atoms with Gasteiger partial charge in [0.15, 0.2) is 5.82 Å². The van der Waals surface area contributed by atoms with Gasteiger partial charge in [-0.1, -0.05) is 30.3 Å². The Morgan fingerprint density at radius 1 is 1.18 bits per heavy atom. The Bertz CT molecular complexity index is 819. The molecule has 0 radical (unpaired) electrons. The lowest BCUT2D eigenvalue weighted by atomic mass is 9.95. The molecule has 5 nitrogen and oxygen atoms in total. The molecule has 1 aromatic heterocycles. The third-order valence-electron chi connectivity index (χ3n) is 5.71. The summed E-state index contributed by atoms with van der Waals surface area (Å²) in [6.07, 6.45) is 7.11. The predicted molar refractivity (Wildman–Crippen MR) is 116 cm³/mol. The van der Waals surface area contributed by atoms with Crippen molar-refractivity contribution < 1.29 is 4.79 Å². The van der Waals surface area contributed by atoms with Crippen molar-refractivity contribution in [1.29, 1.82) is 0 Å². The van der Waals surface area contributed by atoms with Gasteiger partial charge in [0.25, 0.3) is 0 Å². The third kappa shape index (κ3) is 4.17. The molecular formula is C22H28N4OS. The monoisotopic (exact) mass is 396 g/mol. The fourth-order valence-corrected chi connectivity index (χ4v) is 4.47. The van der Waals surface area contributed by atoms with E-state index in [1.807, 2.05) is 18.2 Å². The Labute approximate surface area is 171 Å². The molecule has 4 rings (SSSR count). The highest BCUT2D eigenvalue weighted by atomic mass is 32.2. The molecule has 0 bridgehead atoms. The van der Waals surface area contributed by atoms with Gasteiger partial charge in [0.05, 0.1) is 0 Å². The molecule has 148 valence electrons. The van der Waals surface area contributed by atoms with Gasteiger partial charge < -0.3 is 10.2 Å². The quantitative estimate of drug-likeness (QED) is 0.759. The fraction of sp³-hybridized carbons (Fsp3) is 0.500. The second-order valence-corrected chi connectivity index (χ2v) is 8.55. The average molecular weight is 397 g/mol. The number of carbonyl (C=O) groups is 1. The van der Waals surface area contributed by atoms with Gasteiger partial charge in [0.1, 0.15) is 5.82 Å². The van der Waals surface area contributed by atoms with E-state index in [0.717, 1.165) is 74.7 Å². The summed E-state index contributed by atoms with van der Waals surface area (Å²) in [6.45, 7) is 2.54. The number of rotatable bonds is 6. The van der Waals surface area contributed by atoms with E-state index in [4.69, 9.17) is 9.97 Å². The molecular weight excluding hydrogens is 368 g/mol. The normalized spacial score (nSPS) is 16.8. The number of benzene rings is 1. The van der Waals surface area contributed by atoms with Gasteiger partial charge in [0.2, 0.25) is 5.91 Å². The summed E-state index contributed by atoms with van der Waals surface area (Å²) in [4.78, 5) is 24.6. The van der Waals surface area contributed by atoms with Gasteiger partial charge in [-0.15, -0.1) is 0 Å². The molecule has 2 aliphatic rings. The Balaban J connectivity index is 1.49. The van der Waals surface area contributed by atoms with Crippen molar-refractivity contribution in [1.82, 2.24) is 15.3 Å². The van der Waals surface area contributed by atoms with Crippen LogP contribution in [-0.4, -0.2) is 47.5 Å². The molecule has 28 heavy (non-hydrogen) atoms. The van der Waals surface area contributed by atoms with Crippen LogP contribution in [0.2, 0.25) is 0 Å². The number of piperidine rings is 1. The zero-order chi connectivity index (χ0) is 19.3. The van der Waals surface area contributed by atoms with Crippen LogP contribution in [-0.2, 0) is 17.6 Å². The minimum absolute atomic E-state index is 0.126. The summed E-state index contributed by atoms with van der Waals surface area (Å²) < 4.78 is 0. The highest BCUT2D eigenvalue weighted by Crippen LogP contribution is 2.33. The number of carbonyl (C=O) groups excluding carboxylic acids is 1. The van der Waals surface area contributed by atoms with E-state index in [-0.39, 0.29) is 11.8 Å². The molecule has 1 N–H and O–H groups in total. The van der Waals surface area contributed by atoms with Crippen molar-refractivity contribution in [3.63, 3.8) is 0 Å². The highest BCUT2D eigenvalue weighted by Gasteiger charge is 2.29. The van der Waals surface area contributed by atoms with Crippen molar-refractivity contribution >= 4 is 23.5 Å². The van der Waals surface area contributed by atoms with Gasteiger partial charge in [0, 0.05) is 48.1 Å². The van der Waals surface area contributed by atoms with Gasteiger partial charge in [-0.3, -0.25) is 4.79 Å². The second kappa shape index (κ2) is 8.95. The van der Waals surface area contributed by atoms with Crippen LogP contribution in [0.3, 0.4) is 0 Å². The summed E-state index contributed by atoms with van der Waals surface area (Å²) in [6, 6.07) is 10.2. The molecule has 1 aromatic carbocycles. The lowest BCUT2D eigenvalue weighted by Crippen LogP contribution is -2.41. The van der Waals surface area contributed by atoms with E-state index in [1.54, 1.807) is 11.8 Å². The Hall–Kier alpha value is -2.08. The zero-order valence-corrected chi connectivity index (χ0v) is 17.3. The Morgan fingerprint density at radius 2 is 1.96 bits per heavy atom. The molecule has 2 heterocycles. The summed E-state index contributed by atoms with van der Waals surface area (Å²) >= 11 is 1.76. The number of hydrogen-bond donors (Lipinski definition) is 1. The Kier molecular flexibility index (Phi) is 6.15. The van der Waals surface area contributed by atoms with E-state index in [2.05, 4.69) is 28.6 Å². The zero-order valence-electron chi connectivity index (χ0n) is 16.5. The molecule has 0 atom stereocenters. The first-order valence-electron chi connectivity index (χ1n) is 10.2. The van der Waals surface area contributed by atoms with Gasteiger partial charge in [-0.05, 0) is 38.4 Å². The maximum atomic E-state index is 12.4. The summed E-state index contributed by atoms with van der Waals surface area (Å²) in [7, 11) is 0. The van der Waals surface area contributed by atoms with Crippen LogP contribution in [0.1, 0.15) is 30.5 Å². The third-order valence-corrected chi connectivity index (χ3v) is 6.33. The number of aryl methyl sites for hydroxylation is 1. The first-order chi connectivity index (χ1) is 13.8. The maximum Gasteiger partial charge on any atom is 0.223 e. The number of fused-ring (bicyclic) bond motifs is 1. The number of hydrogen-bond acceptors (Lipinski definition) is 5. The van der Waals surface area contributed by atoms with Gasteiger partial charge in [-0.2, -0.15) is 11.8 Å².